The molecule has 1 saturated heterocycles. The standard InChI is InChI=1S/C26H37N7O2S/c34-36(35,33(19-25-27-12-13-28-25)20-26-29-14-15-30-26)24-10-4-21(5-11-24)18-31-22-6-8-23(9-7-22)32-16-2-1-3-17-32/h4-5,10-15,22-23,31H,1-3,6-9,16-20H2,(H,27,28)(H,29,30)/t22-,23-. The topological polar surface area (TPSA) is 110 Å². The van der Waals surface area contributed by atoms with Gasteiger partial charge in [-0.25, -0.2) is 18.4 Å². The van der Waals surface area contributed by atoms with E-state index in [-0.39, 0.29) is 18.0 Å². The van der Waals surface area contributed by atoms with Crippen LogP contribution in [0.15, 0.2) is 53.9 Å². The van der Waals surface area contributed by atoms with Gasteiger partial charge in [0, 0.05) is 43.4 Å². The second-order valence-corrected chi connectivity index (χ2v) is 11.9. The summed E-state index contributed by atoms with van der Waals surface area (Å²) >= 11 is 0. The van der Waals surface area contributed by atoms with Gasteiger partial charge in [-0.05, 0) is 69.3 Å². The molecule has 36 heavy (non-hydrogen) atoms. The number of rotatable bonds is 10. The number of nitrogens with zero attached hydrogens (tertiary/aromatic N) is 4. The largest absolute Gasteiger partial charge is 0.347 e. The number of nitrogens with one attached hydrogen (secondary N) is 3. The van der Waals surface area contributed by atoms with Crippen LogP contribution in [-0.4, -0.2) is 62.7 Å². The molecule has 1 aliphatic carbocycles. The molecule has 1 saturated carbocycles. The molecular weight excluding hydrogens is 474 g/mol. The van der Waals surface area contributed by atoms with Gasteiger partial charge < -0.3 is 20.2 Å². The fourth-order valence-electron chi connectivity index (χ4n) is 5.45. The Morgan fingerprint density at radius 1 is 0.889 bits per heavy atom. The van der Waals surface area contributed by atoms with E-state index in [0.717, 1.165) is 18.2 Å². The second-order valence-electron chi connectivity index (χ2n) is 9.97. The first kappa shape index (κ1) is 25.1. The summed E-state index contributed by atoms with van der Waals surface area (Å²) < 4.78 is 28.4. The van der Waals surface area contributed by atoms with Gasteiger partial charge in [0.15, 0.2) is 0 Å². The average molecular weight is 512 g/mol. The van der Waals surface area contributed by atoms with Crippen LogP contribution in [0.25, 0.3) is 0 Å². The maximum Gasteiger partial charge on any atom is 0.243 e. The van der Waals surface area contributed by atoms with Gasteiger partial charge in [0.25, 0.3) is 0 Å². The molecule has 2 fully saturated rings. The summed E-state index contributed by atoms with van der Waals surface area (Å²) in [7, 11) is -3.73. The summed E-state index contributed by atoms with van der Waals surface area (Å²) in [5, 5.41) is 3.70. The van der Waals surface area contributed by atoms with E-state index < -0.39 is 10.0 Å². The van der Waals surface area contributed by atoms with Crippen LogP contribution in [0, 0.1) is 0 Å². The van der Waals surface area contributed by atoms with Gasteiger partial charge in [0.2, 0.25) is 10.0 Å². The Bertz CT molecular complexity index is 1110. The highest BCUT2D eigenvalue weighted by atomic mass is 32.2. The molecule has 1 aromatic carbocycles. The molecule has 0 amide bonds. The van der Waals surface area contributed by atoms with Crippen LogP contribution < -0.4 is 5.32 Å². The van der Waals surface area contributed by atoms with E-state index in [1.54, 1.807) is 36.9 Å². The Balaban J connectivity index is 1.17. The normalized spacial score (nSPS) is 21.7. The number of hydrogen-bond acceptors (Lipinski definition) is 6. The van der Waals surface area contributed by atoms with Gasteiger partial charge in [-0.2, -0.15) is 4.31 Å². The van der Waals surface area contributed by atoms with Gasteiger partial charge in [-0.3, -0.25) is 0 Å². The minimum absolute atomic E-state index is 0.138. The third-order valence-corrected chi connectivity index (χ3v) is 9.33. The van der Waals surface area contributed by atoms with Crippen molar-refractivity contribution in [2.45, 2.75) is 81.6 Å². The van der Waals surface area contributed by atoms with Crippen molar-refractivity contribution in [3.8, 4) is 0 Å². The Hall–Kier alpha value is -2.53. The number of aromatic amines is 2. The van der Waals surface area contributed by atoms with Crippen LogP contribution in [0.1, 0.15) is 62.2 Å². The van der Waals surface area contributed by atoms with E-state index in [2.05, 4.69) is 30.2 Å². The molecule has 0 unspecified atom stereocenters. The summed E-state index contributed by atoms with van der Waals surface area (Å²) in [6.45, 7) is 3.58. The van der Waals surface area contributed by atoms with Crippen LogP contribution in [0.4, 0.5) is 0 Å². The molecule has 0 bridgehead atoms. The second kappa shape index (κ2) is 11.7. The van der Waals surface area contributed by atoms with E-state index in [0.29, 0.717) is 17.7 Å². The lowest BCUT2D eigenvalue weighted by atomic mass is 9.89. The van der Waals surface area contributed by atoms with Gasteiger partial charge in [-0.1, -0.05) is 18.6 Å². The zero-order valence-electron chi connectivity index (χ0n) is 20.8. The van der Waals surface area contributed by atoms with Crippen molar-refractivity contribution in [2.24, 2.45) is 0 Å². The first-order valence-electron chi connectivity index (χ1n) is 13.1. The third kappa shape index (κ3) is 6.23. The molecule has 9 nitrogen and oxygen atoms in total. The first-order chi connectivity index (χ1) is 17.6. The number of imidazole rings is 2. The molecule has 194 valence electrons. The molecule has 3 aromatic rings. The van der Waals surface area contributed by atoms with E-state index in [4.69, 9.17) is 0 Å². The number of sulfonamides is 1. The summed E-state index contributed by atoms with van der Waals surface area (Å²) in [4.78, 5) is 17.4. The highest BCUT2D eigenvalue weighted by Crippen LogP contribution is 2.26. The maximum atomic E-state index is 13.5. The number of benzene rings is 1. The van der Waals surface area contributed by atoms with Gasteiger partial charge in [-0.15, -0.1) is 0 Å². The van der Waals surface area contributed by atoms with Crippen molar-refractivity contribution in [1.29, 1.82) is 0 Å². The highest BCUT2D eigenvalue weighted by molar-refractivity contribution is 7.89. The van der Waals surface area contributed by atoms with Crippen molar-refractivity contribution in [1.82, 2.24) is 34.5 Å². The predicted molar refractivity (Wildman–Crippen MR) is 138 cm³/mol. The highest BCUT2D eigenvalue weighted by Gasteiger charge is 2.28. The minimum Gasteiger partial charge on any atom is -0.347 e. The summed E-state index contributed by atoms with van der Waals surface area (Å²) in [5.41, 5.74) is 1.09. The van der Waals surface area contributed by atoms with E-state index in [9.17, 15) is 8.42 Å². The van der Waals surface area contributed by atoms with Crippen LogP contribution in [0.5, 0.6) is 0 Å². The smallest absolute Gasteiger partial charge is 0.243 e. The molecule has 0 atom stereocenters. The van der Waals surface area contributed by atoms with Crippen LogP contribution in [0.3, 0.4) is 0 Å². The van der Waals surface area contributed by atoms with Crippen LogP contribution >= 0.6 is 0 Å². The van der Waals surface area contributed by atoms with Gasteiger partial charge >= 0.3 is 0 Å². The SMILES string of the molecule is O=S(=O)(c1ccc(CN[C@H]2CC[C@H](N3CCCCC3)CC2)cc1)N(Cc1ncc[nH]1)Cc1ncc[nH]1. The van der Waals surface area contributed by atoms with Crippen LogP contribution in [0.2, 0.25) is 0 Å². The average Bonchev–Trinajstić information content (AvgIpc) is 3.63. The van der Waals surface area contributed by atoms with Crippen molar-refractivity contribution >= 4 is 10.0 Å². The lowest BCUT2D eigenvalue weighted by molar-refractivity contribution is 0.120. The molecule has 3 N–H and O–H groups in total. The quantitative estimate of drug-likeness (QED) is 0.385. The first-order valence-corrected chi connectivity index (χ1v) is 14.5. The maximum absolute atomic E-state index is 13.5. The number of likely N-dealkylation sites (tertiary alicyclic amines) is 1. The van der Waals surface area contributed by atoms with Crippen molar-refractivity contribution in [3.05, 3.63) is 66.3 Å². The molecule has 2 aromatic heterocycles. The molecule has 0 radical (unpaired) electrons. The Morgan fingerprint density at radius 2 is 1.50 bits per heavy atom. The lowest BCUT2D eigenvalue weighted by Crippen LogP contribution is -2.44. The fraction of sp³-hybridized carbons (Fsp3) is 0.538. The molecule has 2 aliphatic rings. The molecule has 5 rings (SSSR count). The fourth-order valence-corrected chi connectivity index (χ4v) is 6.81. The van der Waals surface area contributed by atoms with Crippen LogP contribution in [-0.2, 0) is 29.7 Å². The monoisotopic (exact) mass is 511 g/mol. The summed E-state index contributed by atoms with van der Waals surface area (Å²) in [6.07, 6.45) is 15.7. The number of H-pyrrole nitrogens is 2. The minimum atomic E-state index is -3.73. The number of hydrogen-bond donors (Lipinski definition) is 3. The summed E-state index contributed by atoms with van der Waals surface area (Å²) in [5.74, 6) is 1.17. The molecule has 10 heteroatoms. The van der Waals surface area contributed by atoms with E-state index in [1.165, 1.54) is 62.3 Å². The third-order valence-electron chi connectivity index (χ3n) is 7.52. The predicted octanol–water partition coefficient (Wildman–Crippen LogP) is 3.41. The van der Waals surface area contributed by atoms with Crippen molar-refractivity contribution in [3.63, 3.8) is 0 Å². The zero-order chi connectivity index (χ0) is 24.8. The zero-order valence-corrected chi connectivity index (χ0v) is 21.6. The van der Waals surface area contributed by atoms with Gasteiger partial charge in [0.05, 0.1) is 18.0 Å². The number of piperidine rings is 1. The molecule has 0 spiro atoms. The molecule has 3 heterocycles. The Kier molecular flexibility index (Phi) is 8.15. The Labute approximate surface area is 213 Å². The molecule has 1 aliphatic heterocycles. The van der Waals surface area contributed by atoms with Crippen molar-refractivity contribution < 1.29 is 8.42 Å². The molecular formula is C26H37N7O2S. The van der Waals surface area contributed by atoms with Gasteiger partial charge in [0.1, 0.15) is 11.6 Å². The van der Waals surface area contributed by atoms with E-state index in [1.807, 2.05) is 12.1 Å². The summed E-state index contributed by atoms with van der Waals surface area (Å²) in [6, 6.07) is 8.53. The van der Waals surface area contributed by atoms with Crippen molar-refractivity contribution in [2.75, 3.05) is 13.1 Å². The lowest BCUT2D eigenvalue weighted by Gasteiger charge is -2.39. The van der Waals surface area contributed by atoms with E-state index >= 15 is 0 Å². The Morgan fingerprint density at radius 3 is 2.06 bits per heavy atom. The number of aromatic nitrogens is 4.